The Labute approximate surface area is 161 Å². The molecule has 2 aromatic carbocycles. The van der Waals surface area contributed by atoms with Gasteiger partial charge in [0.2, 0.25) is 0 Å². The van der Waals surface area contributed by atoms with Gasteiger partial charge in [0.15, 0.2) is 0 Å². The molecule has 0 aliphatic carbocycles. The third kappa shape index (κ3) is 4.00. The number of carbonyl (C=O) groups excluding carboxylic acids is 1. The molecule has 26 heavy (non-hydrogen) atoms. The van der Waals surface area contributed by atoms with Crippen molar-refractivity contribution in [2.75, 3.05) is 10.7 Å². The van der Waals surface area contributed by atoms with Crippen LogP contribution in [0.3, 0.4) is 0 Å². The number of hydrazine groups is 1. The molecule has 0 saturated carbocycles. The monoisotopic (exact) mass is 388 g/mol. The van der Waals surface area contributed by atoms with Gasteiger partial charge in [-0.25, -0.2) is 9.78 Å². The van der Waals surface area contributed by atoms with E-state index < -0.39 is 6.03 Å². The number of rotatable bonds is 3. The average Bonchev–Trinajstić information content (AvgIpc) is 2.55. The molecule has 0 saturated heterocycles. The molecule has 7 heteroatoms. The van der Waals surface area contributed by atoms with Crippen LogP contribution in [0, 0.1) is 20.8 Å². The zero-order valence-electron chi connectivity index (χ0n) is 14.6. The number of pyridine rings is 1. The fraction of sp³-hybridized carbons (Fsp3) is 0.158. The number of hydrogen-bond donors (Lipinski definition) is 3. The van der Waals surface area contributed by atoms with Crippen LogP contribution in [0.4, 0.5) is 16.3 Å². The summed E-state index contributed by atoms with van der Waals surface area (Å²) in [6, 6.07) is 10.4. The number of benzene rings is 2. The summed E-state index contributed by atoms with van der Waals surface area (Å²) >= 11 is 11.9. The molecule has 134 valence electrons. The maximum atomic E-state index is 12.1. The number of carbonyl (C=O) groups is 1. The Kier molecular flexibility index (Phi) is 5.20. The van der Waals surface area contributed by atoms with Crippen molar-refractivity contribution in [1.29, 1.82) is 0 Å². The van der Waals surface area contributed by atoms with Crippen LogP contribution in [-0.2, 0) is 0 Å². The molecule has 0 unspecified atom stereocenters. The van der Waals surface area contributed by atoms with Crippen LogP contribution >= 0.6 is 23.2 Å². The number of hydrogen-bond acceptors (Lipinski definition) is 3. The predicted octanol–water partition coefficient (Wildman–Crippen LogP) is 5.62. The van der Waals surface area contributed by atoms with Gasteiger partial charge in [-0.15, -0.1) is 0 Å². The molecule has 2 amide bonds. The Morgan fingerprint density at radius 1 is 0.923 bits per heavy atom. The summed E-state index contributed by atoms with van der Waals surface area (Å²) < 4.78 is 0. The summed E-state index contributed by atoms with van der Waals surface area (Å²) in [5, 5.41) is 4.68. The first-order valence-corrected chi connectivity index (χ1v) is 8.76. The molecule has 0 fully saturated rings. The summed E-state index contributed by atoms with van der Waals surface area (Å²) in [5.41, 5.74) is 10.1. The van der Waals surface area contributed by atoms with Gasteiger partial charge in [0.25, 0.3) is 0 Å². The molecule has 3 aromatic rings. The van der Waals surface area contributed by atoms with Crippen LogP contribution in [0.2, 0.25) is 10.0 Å². The number of anilines is 2. The first kappa shape index (κ1) is 18.3. The minimum atomic E-state index is -0.455. The Balaban J connectivity index is 1.75. The van der Waals surface area contributed by atoms with Crippen molar-refractivity contribution in [3.63, 3.8) is 0 Å². The zero-order valence-corrected chi connectivity index (χ0v) is 16.1. The predicted molar refractivity (Wildman–Crippen MR) is 108 cm³/mol. The number of aromatic nitrogens is 1. The normalized spacial score (nSPS) is 10.7. The highest BCUT2D eigenvalue weighted by Gasteiger charge is 2.09. The quantitative estimate of drug-likeness (QED) is 0.510. The molecule has 0 radical (unpaired) electrons. The number of amides is 2. The van der Waals surface area contributed by atoms with E-state index in [9.17, 15) is 4.79 Å². The van der Waals surface area contributed by atoms with E-state index in [0.29, 0.717) is 21.6 Å². The van der Waals surface area contributed by atoms with Gasteiger partial charge in [-0.3, -0.25) is 10.9 Å². The smallest absolute Gasteiger partial charge is 0.306 e. The summed E-state index contributed by atoms with van der Waals surface area (Å²) in [7, 11) is 0. The lowest BCUT2D eigenvalue weighted by molar-refractivity contribution is 0.254. The molecule has 0 bridgehead atoms. The third-order valence-corrected chi connectivity index (χ3v) is 4.43. The third-order valence-electron chi connectivity index (χ3n) is 3.99. The van der Waals surface area contributed by atoms with Crippen molar-refractivity contribution >= 4 is 51.6 Å². The minimum absolute atomic E-state index is 0.443. The second kappa shape index (κ2) is 7.40. The number of nitrogens with one attached hydrogen (secondary N) is 3. The van der Waals surface area contributed by atoms with Crippen molar-refractivity contribution < 1.29 is 4.79 Å². The number of halogens is 2. The Morgan fingerprint density at radius 3 is 2.27 bits per heavy atom. The number of aryl methyl sites for hydroxylation is 3. The standard InChI is InChI=1S/C19H18Cl2N4O/c1-10-4-5-11(2)18-17(10)12(3)6-16(23-18)24-25-19(26)22-15-8-13(20)7-14(21)9-15/h4-9H,1-3H3,(H,23,24)(H2,22,25,26). The number of nitrogens with zero attached hydrogens (tertiary/aromatic N) is 1. The lowest BCUT2D eigenvalue weighted by Crippen LogP contribution is -2.34. The van der Waals surface area contributed by atoms with E-state index in [1.165, 1.54) is 5.56 Å². The molecule has 3 N–H and O–H groups in total. The van der Waals surface area contributed by atoms with Gasteiger partial charge in [-0.2, -0.15) is 0 Å². The lowest BCUT2D eigenvalue weighted by atomic mass is 10.0. The van der Waals surface area contributed by atoms with E-state index in [1.807, 2.05) is 26.0 Å². The lowest BCUT2D eigenvalue weighted by Gasteiger charge is -2.13. The maximum absolute atomic E-state index is 12.1. The first-order valence-electron chi connectivity index (χ1n) is 8.00. The first-order chi connectivity index (χ1) is 12.3. The highest BCUT2D eigenvalue weighted by Crippen LogP contribution is 2.26. The molecule has 3 rings (SSSR count). The molecule has 0 spiro atoms. The van der Waals surface area contributed by atoms with Crippen molar-refractivity contribution in [3.05, 3.63) is 63.1 Å². The highest BCUT2D eigenvalue weighted by molar-refractivity contribution is 6.35. The van der Waals surface area contributed by atoms with Crippen LogP contribution in [0.25, 0.3) is 10.9 Å². The van der Waals surface area contributed by atoms with Gasteiger partial charge in [0.1, 0.15) is 5.82 Å². The Morgan fingerprint density at radius 2 is 1.58 bits per heavy atom. The van der Waals surface area contributed by atoms with Crippen molar-refractivity contribution in [2.24, 2.45) is 0 Å². The van der Waals surface area contributed by atoms with Crippen molar-refractivity contribution in [3.8, 4) is 0 Å². The molecule has 0 atom stereocenters. The summed E-state index contributed by atoms with van der Waals surface area (Å²) in [4.78, 5) is 16.7. The fourth-order valence-corrected chi connectivity index (χ4v) is 3.37. The summed E-state index contributed by atoms with van der Waals surface area (Å²) in [6.45, 7) is 6.10. The van der Waals surface area contributed by atoms with Gasteiger partial charge in [-0.05, 0) is 61.7 Å². The zero-order chi connectivity index (χ0) is 18.8. The molecule has 0 aliphatic heterocycles. The van der Waals surface area contributed by atoms with Gasteiger partial charge < -0.3 is 5.32 Å². The molecular weight excluding hydrogens is 371 g/mol. The molecule has 0 aliphatic rings. The van der Waals surface area contributed by atoms with E-state index >= 15 is 0 Å². The largest absolute Gasteiger partial charge is 0.337 e. The summed E-state index contributed by atoms with van der Waals surface area (Å²) in [5.74, 6) is 0.558. The van der Waals surface area contributed by atoms with Gasteiger partial charge in [0.05, 0.1) is 5.52 Å². The van der Waals surface area contributed by atoms with Gasteiger partial charge >= 0.3 is 6.03 Å². The van der Waals surface area contributed by atoms with E-state index in [-0.39, 0.29) is 0 Å². The maximum Gasteiger partial charge on any atom is 0.337 e. The van der Waals surface area contributed by atoms with Crippen LogP contribution < -0.4 is 16.2 Å². The molecule has 1 aromatic heterocycles. The van der Waals surface area contributed by atoms with Crippen molar-refractivity contribution in [1.82, 2.24) is 10.4 Å². The number of fused-ring (bicyclic) bond motifs is 1. The van der Waals surface area contributed by atoms with Crippen LogP contribution in [0.5, 0.6) is 0 Å². The molecule has 5 nitrogen and oxygen atoms in total. The second-order valence-electron chi connectivity index (χ2n) is 6.11. The molecular formula is C19H18Cl2N4O. The Hall–Kier alpha value is -2.50. The van der Waals surface area contributed by atoms with Gasteiger partial charge in [0, 0.05) is 21.1 Å². The summed E-state index contributed by atoms with van der Waals surface area (Å²) in [6.07, 6.45) is 0. The fourth-order valence-electron chi connectivity index (χ4n) is 2.84. The van der Waals surface area contributed by atoms with Crippen LogP contribution in [0.15, 0.2) is 36.4 Å². The minimum Gasteiger partial charge on any atom is -0.306 e. The topological polar surface area (TPSA) is 66.0 Å². The average molecular weight is 389 g/mol. The molecule has 1 heterocycles. The van der Waals surface area contributed by atoms with Crippen LogP contribution in [-0.4, -0.2) is 11.0 Å². The SMILES string of the molecule is Cc1ccc(C)c2c(C)cc(NNC(=O)Nc3cc(Cl)cc(Cl)c3)nc12. The second-order valence-corrected chi connectivity index (χ2v) is 6.98. The van der Waals surface area contributed by atoms with E-state index in [4.69, 9.17) is 23.2 Å². The van der Waals surface area contributed by atoms with Crippen LogP contribution in [0.1, 0.15) is 16.7 Å². The van der Waals surface area contributed by atoms with E-state index in [2.05, 4.69) is 34.1 Å². The highest BCUT2D eigenvalue weighted by atomic mass is 35.5. The number of urea groups is 1. The Bertz CT molecular complexity index is 984. The van der Waals surface area contributed by atoms with Crippen molar-refractivity contribution in [2.45, 2.75) is 20.8 Å². The van der Waals surface area contributed by atoms with E-state index in [0.717, 1.165) is 22.0 Å². The van der Waals surface area contributed by atoms with E-state index in [1.54, 1.807) is 18.2 Å². The van der Waals surface area contributed by atoms with Gasteiger partial charge in [-0.1, -0.05) is 35.3 Å².